The van der Waals surface area contributed by atoms with Crippen LogP contribution in [0.5, 0.6) is 5.75 Å². The van der Waals surface area contributed by atoms with Crippen molar-refractivity contribution in [1.82, 2.24) is 10.2 Å². The Kier molecular flexibility index (Phi) is 7.47. The molecule has 1 aromatic heterocycles. The van der Waals surface area contributed by atoms with Gasteiger partial charge < -0.3 is 24.9 Å². The third-order valence-electron chi connectivity index (χ3n) is 5.00. The number of carbonyl (C=O) groups excluding carboxylic acids is 1. The first kappa shape index (κ1) is 20.4. The molecule has 0 bridgehead atoms. The number of hydrogen-bond acceptors (Lipinski definition) is 6. The number of ether oxygens (including phenoxy) is 2. The van der Waals surface area contributed by atoms with Crippen LogP contribution in [-0.2, 0) is 17.8 Å². The Morgan fingerprint density at radius 1 is 1.32 bits per heavy atom. The molecule has 0 spiro atoms. The largest absolute Gasteiger partial charge is 0.492 e. The molecule has 3 rings (SSSR count). The average Bonchev–Trinajstić information content (AvgIpc) is 3.22. The SMILES string of the molecule is CN(CCOc1cccc(CNC(=O)c2coc(CN)c2)c1)C1CCOCC1. The van der Waals surface area contributed by atoms with Crippen LogP contribution in [-0.4, -0.2) is 50.3 Å². The van der Waals surface area contributed by atoms with Gasteiger partial charge in [0.05, 0.1) is 12.1 Å². The monoisotopic (exact) mass is 387 g/mol. The normalized spacial score (nSPS) is 15.0. The maximum absolute atomic E-state index is 12.2. The van der Waals surface area contributed by atoms with E-state index in [1.165, 1.54) is 6.26 Å². The van der Waals surface area contributed by atoms with Gasteiger partial charge in [0.15, 0.2) is 0 Å². The van der Waals surface area contributed by atoms with Gasteiger partial charge >= 0.3 is 0 Å². The number of carbonyl (C=O) groups is 1. The number of rotatable bonds is 9. The summed E-state index contributed by atoms with van der Waals surface area (Å²) < 4.78 is 16.5. The first-order valence-electron chi connectivity index (χ1n) is 9.71. The number of benzene rings is 1. The highest BCUT2D eigenvalue weighted by Crippen LogP contribution is 2.15. The zero-order valence-electron chi connectivity index (χ0n) is 16.4. The fourth-order valence-electron chi connectivity index (χ4n) is 3.25. The second-order valence-electron chi connectivity index (χ2n) is 7.01. The van der Waals surface area contributed by atoms with Gasteiger partial charge in [0, 0.05) is 32.3 Å². The number of nitrogens with one attached hydrogen (secondary N) is 1. The minimum atomic E-state index is -0.187. The lowest BCUT2D eigenvalue weighted by atomic mass is 10.1. The van der Waals surface area contributed by atoms with Gasteiger partial charge in [-0.05, 0) is 43.7 Å². The zero-order chi connectivity index (χ0) is 19.8. The van der Waals surface area contributed by atoms with E-state index in [0.29, 0.717) is 30.5 Å². The third-order valence-corrected chi connectivity index (χ3v) is 5.00. The van der Waals surface area contributed by atoms with E-state index in [0.717, 1.165) is 43.9 Å². The van der Waals surface area contributed by atoms with E-state index in [2.05, 4.69) is 17.3 Å². The van der Waals surface area contributed by atoms with Crippen molar-refractivity contribution in [2.45, 2.75) is 32.0 Å². The molecular formula is C21H29N3O4. The van der Waals surface area contributed by atoms with Crippen LogP contribution in [0.4, 0.5) is 0 Å². The lowest BCUT2D eigenvalue weighted by molar-refractivity contribution is 0.0392. The van der Waals surface area contributed by atoms with Gasteiger partial charge in [0.2, 0.25) is 0 Å². The molecule has 1 aliphatic heterocycles. The van der Waals surface area contributed by atoms with Crippen molar-refractivity contribution in [2.75, 3.05) is 33.4 Å². The summed E-state index contributed by atoms with van der Waals surface area (Å²) in [4.78, 5) is 14.5. The fraction of sp³-hybridized carbons (Fsp3) is 0.476. The lowest BCUT2D eigenvalue weighted by Gasteiger charge is -2.31. The molecule has 1 saturated heterocycles. The van der Waals surface area contributed by atoms with Crippen LogP contribution in [0.1, 0.15) is 34.5 Å². The molecule has 0 radical (unpaired) electrons. The van der Waals surface area contributed by atoms with Crippen LogP contribution in [0.25, 0.3) is 0 Å². The molecule has 1 amide bonds. The van der Waals surface area contributed by atoms with E-state index in [1.54, 1.807) is 6.07 Å². The number of likely N-dealkylation sites (N-methyl/N-ethyl adjacent to an activating group) is 1. The van der Waals surface area contributed by atoms with Crippen LogP contribution in [0.3, 0.4) is 0 Å². The fourth-order valence-corrected chi connectivity index (χ4v) is 3.25. The summed E-state index contributed by atoms with van der Waals surface area (Å²) in [6.07, 6.45) is 3.58. The molecule has 0 aliphatic carbocycles. The third kappa shape index (κ3) is 5.82. The Morgan fingerprint density at radius 3 is 2.89 bits per heavy atom. The molecule has 7 heteroatoms. The molecule has 0 unspecified atom stereocenters. The van der Waals surface area contributed by atoms with E-state index in [-0.39, 0.29) is 12.5 Å². The highest BCUT2D eigenvalue weighted by Gasteiger charge is 2.18. The van der Waals surface area contributed by atoms with E-state index in [1.807, 2.05) is 24.3 Å². The van der Waals surface area contributed by atoms with Crippen molar-refractivity contribution in [2.24, 2.45) is 5.73 Å². The Bertz CT molecular complexity index is 756. The van der Waals surface area contributed by atoms with Gasteiger partial charge in [0.1, 0.15) is 24.4 Å². The maximum Gasteiger partial charge on any atom is 0.254 e. The second-order valence-corrected chi connectivity index (χ2v) is 7.01. The van der Waals surface area contributed by atoms with Crippen molar-refractivity contribution in [3.8, 4) is 5.75 Å². The van der Waals surface area contributed by atoms with Gasteiger partial charge in [-0.3, -0.25) is 9.69 Å². The number of furan rings is 1. The summed E-state index contributed by atoms with van der Waals surface area (Å²) in [5.41, 5.74) is 6.95. The molecule has 0 atom stereocenters. The molecular weight excluding hydrogens is 358 g/mol. The first-order valence-corrected chi connectivity index (χ1v) is 9.71. The standard InChI is InChI=1S/C21H29N3O4/c1-24(18-5-8-26-9-6-18)7-10-27-19-4-2-3-16(11-19)14-23-21(25)17-12-20(13-22)28-15-17/h2-4,11-12,15,18H,5-10,13-14,22H2,1H3,(H,23,25). The van der Waals surface area contributed by atoms with Crippen LogP contribution in [0.2, 0.25) is 0 Å². The zero-order valence-corrected chi connectivity index (χ0v) is 16.4. The molecule has 3 N–H and O–H groups in total. The summed E-state index contributed by atoms with van der Waals surface area (Å²) in [5, 5.41) is 2.88. The molecule has 2 heterocycles. The quantitative estimate of drug-likeness (QED) is 0.685. The van der Waals surface area contributed by atoms with Gasteiger partial charge in [-0.1, -0.05) is 12.1 Å². The second kappa shape index (κ2) is 10.3. The summed E-state index contributed by atoms with van der Waals surface area (Å²) >= 11 is 0. The topological polar surface area (TPSA) is 90.0 Å². The molecule has 0 saturated carbocycles. The molecule has 2 aromatic rings. The number of hydrogen-bond donors (Lipinski definition) is 2. The number of nitrogens with zero attached hydrogens (tertiary/aromatic N) is 1. The molecule has 1 fully saturated rings. The molecule has 28 heavy (non-hydrogen) atoms. The first-order chi connectivity index (χ1) is 13.7. The Balaban J connectivity index is 1.43. The molecule has 152 valence electrons. The van der Waals surface area contributed by atoms with Crippen LogP contribution >= 0.6 is 0 Å². The van der Waals surface area contributed by atoms with E-state index >= 15 is 0 Å². The minimum absolute atomic E-state index is 0.187. The van der Waals surface area contributed by atoms with Crippen LogP contribution in [0.15, 0.2) is 41.0 Å². The van der Waals surface area contributed by atoms with Crippen LogP contribution in [0, 0.1) is 0 Å². The molecule has 1 aromatic carbocycles. The smallest absolute Gasteiger partial charge is 0.254 e. The predicted molar refractivity (Wildman–Crippen MR) is 106 cm³/mol. The lowest BCUT2D eigenvalue weighted by Crippen LogP contribution is -2.38. The van der Waals surface area contributed by atoms with E-state index in [9.17, 15) is 4.79 Å². The van der Waals surface area contributed by atoms with Crippen molar-refractivity contribution in [1.29, 1.82) is 0 Å². The molecule has 1 aliphatic rings. The van der Waals surface area contributed by atoms with Crippen LogP contribution < -0.4 is 15.8 Å². The van der Waals surface area contributed by atoms with E-state index in [4.69, 9.17) is 19.6 Å². The Labute approximate surface area is 165 Å². The minimum Gasteiger partial charge on any atom is -0.492 e. The average molecular weight is 387 g/mol. The van der Waals surface area contributed by atoms with Crippen molar-refractivity contribution < 1.29 is 18.7 Å². The van der Waals surface area contributed by atoms with Gasteiger partial charge in [0.25, 0.3) is 5.91 Å². The number of amides is 1. The predicted octanol–water partition coefficient (Wildman–Crippen LogP) is 2.16. The Morgan fingerprint density at radius 2 is 2.14 bits per heavy atom. The van der Waals surface area contributed by atoms with Gasteiger partial charge in [-0.2, -0.15) is 0 Å². The summed E-state index contributed by atoms with van der Waals surface area (Å²) in [6.45, 7) is 3.87. The highest BCUT2D eigenvalue weighted by molar-refractivity contribution is 5.93. The maximum atomic E-state index is 12.2. The van der Waals surface area contributed by atoms with E-state index < -0.39 is 0 Å². The number of nitrogens with two attached hydrogens (primary N) is 1. The summed E-state index contributed by atoms with van der Waals surface area (Å²) in [7, 11) is 2.14. The van der Waals surface area contributed by atoms with Gasteiger partial charge in [-0.15, -0.1) is 0 Å². The van der Waals surface area contributed by atoms with Crippen molar-refractivity contribution in [3.05, 3.63) is 53.5 Å². The van der Waals surface area contributed by atoms with Crippen molar-refractivity contribution in [3.63, 3.8) is 0 Å². The summed E-state index contributed by atoms with van der Waals surface area (Å²) in [6, 6.07) is 10.0. The van der Waals surface area contributed by atoms with Crippen molar-refractivity contribution >= 4 is 5.91 Å². The summed E-state index contributed by atoms with van der Waals surface area (Å²) in [5.74, 6) is 1.21. The highest BCUT2D eigenvalue weighted by atomic mass is 16.5. The molecule has 7 nitrogen and oxygen atoms in total. The Hall–Kier alpha value is -2.35. The van der Waals surface area contributed by atoms with Gasteiger partial charge in [-0.25, -0.2) is 0 Å².